The number of fused-ring (bicyclic) bond motifs is 1. The number of hydrogen-bond acceptors (Lipinski definition) is 24. The maximum atomic E-state index is 15.5. The second-order valence-electron chi connectivity index (χ2n) is 30.9. The van der Waals surface area contributed by atoms with Gasteiger partial charge in [-0.2, -0.15) is 0 Å². The van der Waals surface area contributed by atoms with Gasteiger partial charge in [0.25, 0.3) is 5.91 Å². The van der Waals surface area contributed by atoms with E-state index in [2.05, 4.69) is 47.9 Å². The molecule has 3 unspecified atom stereocenters. The van der Waals surface area contributed by atoms with E-state index >= 15 is 19.2 Å². The Morgan fingerprint density at radius 1 is 0.637 bits per heavy atom. The zero-order chi connectivity index (χ0) is 86.2. The van der Waals surface area contributed by atoms with E-state index in [0.717, 1.165) is 36.8 Å². The van der Waals surface area contributed by atoms with Crippen LogP contribution in [0.25, 0.3) is 0 Å². The minimum absolute atomic E-state index is 0.0142. The number of hydrogen-bond donors (Lipinski definition) is 19. The summed E-state index contributed by atoms with van der Waals surface area (Å²) in [5.41, 5.74) is 23.0. The Balaban J connectivity index is 3.11. The summed E-state index contributed by atoms with van der Waals surface area (Å²) in [6.07, 6.45) is -11.2. The molecular weight excluding hydrogens is 1480 g/mol. The Bertz CT molecular complexity index is 3220. The predicted octanol–water partition coefficient (Wildman–Crippen LogP) is -4.13. The molecule has 2 rings (SSSR count). The summed E-state index contributed by atoms with van der Waals surface area (Å²) in [4.78, 5) is 229. The molecule has 39 heteroatoms. The largest absolute Gasteiger partial charge is 0.481 e. The molecule has 113 heavy (non-hydrogen) atoms. The summed E-state index contributed by atoms with van der Waals surface area (Å²) in [6.45, 7) is 17.4. The van der Waals surface area contributed by atoms with Crippen molar-refractivity contribution in [3.05, 3.63) is 0 Å². The van der Waals surface area contributed by atoms with Crippen molar-refractivity contribution in [1.82, 2.24) is 57.7 Å². The number of piperidine rings is 1. The van der Waals surface area contributed by atoms with Gasteiger partial charge in [0.1, 0.15) is 72.6 Å². The number of ether oxygens (including phenoxy) is 2. The number of carboxylic acids is 2. The number of cyclic esters (lactones) is 1. The zero-order valence-electron chi connectivity index (χ0n) is 67.7. The van der Waals surface area contributed by atoms with Gasteiger partial charge in [-0.15, -0.1) is 0 Å². The highest BCUT2D eigenvalue weighted by atomic mass is 16.5. The van der Waals surface area contributed by atoms with E-state index in [9.17, 15) is 88.2 Å². The number of rotatable bonds is 40. The number of nitrogens with zero attached hydrogens (tertiary/aromatic N) is 2. The summed E-state index contributed by atoms with van der Waals surface area (Å²) in [5.74, 6) is -25.9. The van der Waals surface area contributed by atoms with Crippen molar-refractivity contribution in [3.8, 4) is 0 Å². The number of nitrogens with two attached hydrogens (primary N) is 4. The number of aliphatic hydroxyl groups is 4. The third kappa shape index (κ3) is 31.5. The quantitative estimate of drug-likeness (QED) is 0.0259. The molecule has 0 aliphatic carbocycles. The van der Waals surface area contributed by atoms with Crippen LogP contribution in [0.15, 0.2) is 0 Å². The van der Waals surface area contributed by atoms with E-state index in [1.165, 1.54) is 34.6 Å². The number of likely N-dealkylation sites (N-methyl/N-ethyl adjacent to an activating group) is 1. The van der Waals surface area contributed by atoms with Gasteiger partial charge in [-0.05, 0) is 126 Å². The lowest BCUT2D eigenvalue weighted by Gasteiger charge is -2.39. The molecule has 0 aromatic carbocycles. The van der Waals surface area contributed by atoms with E-state index < -0.39 is 266 Å². The van der Waals surface area contributed by atoms with Crippen molar-refractivity contribution >= 4 is 94.7 Å². The maximum Gasteiger partial charge on any atom is 0.329 e. The molecule has 2 aliphatic rings. The standard InChI is InChI=1S/C74H129N15O24/c1-15-20-37(6)32-38(7)58(96)42(11)63(100)80-45(21-18-28-75)64(101)79-44(24-27-53(92)93)59(97)60(98)71(108)85-55(40(9)41(10)62(78)99)68(105)87-57-61(39(8)36(4)5)113-74(111)51-23-16-17-30-89(51)73(110)48(33-54(94)95)83-69(106)56(43(12)112-14)86-67(104)50(25-26-52(77)91)88(13)72(109)47(31-35(2)3)82-65(102)46(22-19-29-76)81-66(103)49(34-90)84-70(57)107/h35-51,55-61,90,96-98H,15-34,75-76H2,1-14H3,(H2,77,91)(H2,78,99)(H,79,101)(H,80,100)(H,81,103)(H,82,102)(H,83,106)(H,84,107)(H,85,108)(H,86,104)(H,87,105)(H,92,93)(H,94,95)/t37-,38-,39-,40+,41-,42-,43-,44+,45-,46?,47+,48-,49-,50+,51+,55+,56?,57?,58-,59-,60-,61+/m1/s1. The number of carbonyl (C=O) groups is 16. The summed E-state index contributed by atoms with van der Waals surface area (Å²) < 4.78 is 11.7. The molecule has 644 valence electrons. The van der Waals surface area contributed by atoms with Crippen LogP contribution in [0.5, 0.6) is 0 Å². The van der Waals surface area contributed by atoms with Gasteiger partial charge in [-0.1, -0.05) is 89.0 Å². The molecule has 22 atom stereocenters. The molecule has 2 fully saturated rings. The van der Waals surface area contributed by atoms with Gasteiger partial charge < -0.3 is 121 Å². The maximum absolute atomic E-state index is 15.5. The smallest absolute Gasteiger partial charge is 0.329 e. The highest BCUT2D eigenvalue weighted by Gasteiger charge is 2.48. The first-order chi connectivity index (χ1) is 52.8. The van der Waals surface area contributed by atoms with E-state index in [1.54, 1.807) is 34.6 Å². The van der Waals surface area contributed by atoms with Crippen LogP contribution < -0.4 is 70.8 Å². The van der Waals surface area contributed by atoms with Gasteiger partial charge in [0.2, 0.25) is 70.9 Å². The van der Waals surface area contributed by atoms with E-state index in [4.69, 9.17) is 32.4 Å². The highest BCUT2D eigenvalue weighted by molar-refractivity contribution is 6.00. The average Bonchev–Trinajstić information content (AvgIpc) is 0.930. The minimum atomic E-state index is -2.73. The molecular formula is C74H129N15O24. The van der Waals surface area contributed by atoms with Crippen LogP contribution in [0.4, 0.5) is 0 Å². The molecule has 0 aromatic heterocycles. The number of aliphatic carboxylic acids is 2. The van der Waals surface area contributed by atoms with Crippen molar-refractivity contribution in [2.24, 2.45) is 70.3 Å². The van der Waals surface area contributed by atoms with Crippen molar-refractivity contribution in [1.29, 1.82) is 0 Å². The monoisotopic (exact) mass is 1610 g/mol. The Kier molecular flexibility index (Phi) is 43.6. The van der Waals surface area contributed by atoms with Crippen LogP contribution in [0.2, 0.25) is 0 Å². The Morgan fingerprint density at radius 2 is 1.24 bits per heavy atom. The van der Waals surface area contributed by atoms with Gasteiger partial charge in [-0.25, -0.2) is 4.79 Å². The summed E-state index contributed by atoms with van der Waals surface area (Å²) in [6, 6.07) is -20.3. The van der Waals surface area contributed by atoms with Crippen molar-refractivity contribution < 1.29 is 117 Å². The average molecular weight is 1610 g/mol. The number of esters is 1. The number of carbonyl (C=O) groups excluding carboxylic acids is 14. The fourth-order valence-electron chi connectivity index (χ4n) is 13.5. The van der Waals surface area contributed by atoms with Gasteiger partial charge in [0.05, 0.1) is 37.2 Å². The van der Waals surface area contributed by atoms with E-state index in [-0.39, 0.29) is 82.8 Å². The van der Waals surface area contributed by atoms with Crippen molar-refractivity contribution in [2.75, 3.05) is 40.4 Å². The van der Waals surface area contributed by atoms with E-state index in [0.29, 0.717) is 6.42 Å². The lowest BCUT2D eigenvalue weighted by Crippen LogP contribution is -2.65. The van der Waals surface area contributed by atoms with Gasteiger partial charge >= 0.3 is 17.9 Å². The minimum Gasteiger partial charge on any atom is -0.481 e. The fourth-order valence-corrected chi connectivity index (χ4v) is 13.5. The SMILES string of the molecule is CCC[C@@H](C)C[C@@H](C)[C@@H](O)[C@@H](C)C(=O)N[C@H](CCCN)C(=O)N[C@@H](CCC(=O)O)[C@@H](O)[C@@H](O)C(=O)N[C@H](C(=O)NC1C(=O)N[C@H](CO)C(=O)NC(CCCN)C(=O)N[C@@H](CC(C)C)C(=O)N(C)[C@@H](CCC(N)=O)C(=O)NC([C@@H](C)OC)C(=O)N[C@H](CC(=O)O)C(=O)N2CCCC[C@H]2C(=O)O[C@H]1[C@H](C)C(C)C)[C@@H](C)[C@@H](C)C(N)=O. The number of carboxylic acid groups (broad SMARTS) is 2. The molecule has 2 saturated heterocycles. The van der Waals surface area contributed by atoms with Crippen LogP contribution in [0.3, 0.4) is 0 Å². The molecule has 0 radical (unpaired) electrons. The van der Waals surface area contributed by atoms with Crippen LogP contribution in [-0.4, -0.2) is 273 Å². The number of aliphatic hydroxyl groups excluding tert-OH is 4. The van der Waals surface area contributed by atoms with Crippen LogP contribution in [0.1, 0.15) is 186 Å². The highest BCUT2D eigenvalue weighted by Crippen LogP contribution is 2.29. The zero-order valence-corrected chi connectivity index (χ0v) is 67.7. The van der Waals surface area contributed by atoms with Crippen LogP contribution in [0, 0.1) is 47.3 Å². The third-order valence-corrected chi connectivity index (χ3v) is 21.2. The van der Waals surface area contributed by atoms with Crippen LogP contribution >= 0.6 is 0 Å². The fraction of sp³-hybridized carbons (Fsp3) is 0.784. The summed E-state index contributed by atoms with van der Waals surface area (Å²) >= 11 is 0. The molecule has 0 bridgehead atoms. The second-order valence-corrected chi connectivity index (χ2v) is 30.9. The lowest BCUT2D eigenvalue weighted by atomic mass is 9.85. The Hall–Kier alpha value is -8.76. The molecule has 13 amide bonds. The molecule has 0 spiro atoms. The van der Waals surface area contributed by atoms with Crippen molar-refractivity contribution in [2.45, 2.75) is 283 Å². The topological polar surface area (TPSA) is 632 Å². The number of nitrogens with one attached hydrogen (secondary N) is 9. The first-order valence-electron chi connectivity index (χ1n) is 39.0. The first kappa shape index (κ1) is 100. The third-order valence-electron chi connectivity index (χ3n) is 21.2. The molecule has 0 saturated carbocycles. The molecule has 39 nitrogen and oxygen atoms in total. The summed E-state index contributed by atoms with van der Waals surface area (Å²) in [7, 11) is 2.31. The number of methoxy groups -OCH3 is 1. The lowest BCUT2D eigenvalue weighted by molar-refractivity contribution is -0.168. The molecule has 23 N–H and O–H groups in total. The van der Waals surface area contributed by atoms with Gasteiger partial charge in [0, 0.05) is 39.5 Å². The predicted molar refractivity (Wildman–Crippen MR) is 407 cm³/mol. The Morgan fingerprint density at radius 3 is 1.79 bits per heavy atom. The van der Waals surface area contributed by atoms with E-state index in [1.807, 2.05) is 13.8 Å². The first-order valence-corrected chi connectivity index (χ1v) is 39.0. The normalized spacial score (nSPS) is 24.4. The number of amides is 13. The Labute approximate surface area is 660 Å². The van der Waals surface area contributed by atoms with Gasteiger partial charge in [-0.3, -0.25) is 71.9 Å². The van der Waals surface area contributed by atoms with Crippen molar-refractivity contribution in [3.63, 3.8) is 0 Å². The second kappa shape index (κ2) is 49.1. The summed E-state index contributed by atoms with van der Waals surface area (Å²) in [5, 5.41) is 88.0. The number of primary amides is 2. The molecule has 0 aromatic rings. The van der Waals surface area contributed by atoms with Gasteiger partial charge in [0.15, 0.2) is 6.10 Å². The molecule has 2 heterocycles. The molecule has 2 aliphatic heterocycles. The van der Waals surface area contributed by atoms with Crippen LogP contribution in [-0.2, 0) is 86.2 Å².